The van der Waals surface area contributed by atoms with Crippen molar-refractivity contribution in [2.24, 2.45) is 0 Å². The largest absolute Gasteiger partial charge is 1.00 e. The maximum Gasteiger partial charge on any atom is 1.00 e. The molecule has 18 nitrogen and oxygen atoms in total. The van der Waals surface area contributed by atoms with Crippen molar-refractivity contribution in [3.8, 4) is 0 Å². The molecule has 0 fully saturated rings. The van der Waals surface area contributed by atoms with E-state index in [1.54, 1.807) is 6.07 Å². The van der Waals surface area contributed by atoms with E-state index in [0.717, 1.165) is 40.2 Å². The summed E-state index contributed by atoms with van der Waals surface area (Å²) in [5.41, 5.74) is 4.80. The van der Waals surface area contributed by atoms with Crippen LogP contribution < -0.4 is 134 Å². The predicted molar refractivity (Wildman–Crippen MR) is 224 cm³/mol. The monoisotopic (exact) mass is 1050 g/mol. The zero-order chi connectivity index (χ0) is 45.9. The topological polar surface area (TPSA) is 289 Å². The summed E-state index contributed by atoms with van der Waals surface area (Å²) in [6.45, 7) is 8.04. The molecule has 66 heavy (non-hydrogen) atoms. The van der Waals surface area contributed by atoms with Crippen LogP contribution in [-0.2, 0) is 60.7 Å². The van der Waals surface area contributed by atoms with Gasteiger partial charge in [0, 0.05) is 76.1 Å². The Morgan fingerprint density at radius 3 is 1.95 bits per heavy atom. The van der Waals surface area contributed by atoms with Gasteiger partial charge in [0.1, 0.15) is 16.7 Å². The van der Waals surface area contributed by atoms with E-state index >= 15 is 0 Å². The molecule has 0 bridgehead atoms. The Hall–Kier alpha value is 0.540. The van der Waals surface area contributed by atoms with Crippen LogP contribution in [0, 0.1) is 0 Å². The average molecular weight is 1050 g/mol. The van der Waals surface area contributed by atoms with E-state index in [1.165, 1.54) is 18.2 Å². The minimum atomic E-state index is -4.81. The summed E-state index contributed by atoms with van der Waals surface area (Å²) in [7, 11) is -18.3. The van der Waals surface area contributed by atoms with E-state index in [0.29, 0.717) is 53.3 Å². The Balaban J connectivity index is 0.00000544. The van der Waals surface area contributed by atoms with E-state index in [1.807, 2.05) is 73.6 Å². The van der Waals surface area contributed by atoms with E-state index < -0.39 is 73.5 Å². The fourth-order valence-electron chi connectivity index (χ4n) is 8.10. The summed E-state index contributed by atoms with van der Waals surface area (Å²) in [5, 5.41) is 17.2. The van der Waals surface area contributed by atoms with Crippen molar-refractivity contribution in [2.45, 2.75) is 86.8 Å². The van der Waals surface area contributed by atoms with Crippen LogP contribution in [0.15, 0.2) is 93.0 Å². The van der Waals surface area contributed by atoms with Crippen LogP contribution in [0.25, 0.3) is 0 Å². The molecular weight excluding hydrogens is 1000 g/mol. The van der Waals surface area contributed by atoms with Gasteiger partial charge in [0.15, 0.2) is 5.71 Å². The molecular formula is C39H47N3Na4O15S5. The number of nitrogens with one attached hydrogen (secondary N) is 1. The van der Waals surface area contributed by atoms with Crippen LogP contribution in [0.3, 0.4) is 0 Å². The molecule has 0 aromatic heterocycles. The van der Waals surface area contributed by atoms with Gasteiger partial charge in [-0.25, -0.2) is 33.7 Å². The molecule has 1 N–H and O–H groups in total. The van der Waals surface area contributed by atoms with E-state index in [-0.39, 0.29) is 151 Å². The van der Waals surface area contributed by atoms with Gasteiger partial charge in [-0.2, -0.15) is 8.91 Å². The minimum absolute atomic E-state index is 0. The van der Waals surface area contributed by atoms with E-state index in [9.17, 15) is 57.1 Å². The first-order valence-corrected chi connectivity index (χ1v) is 26.3. The van der Waals surface area contributed by atoms with Crippen molar-refractivity contribution in [1.29, 1.82) is 0 Å². The molecule has 0 unspecified atom stereocenters. The summed E-state index contributed by atoms with van der Waals surface area (Å²) in [4.78, 5) is 2.04. The normalized spacial score (nSPS) is 17.9. The molecule has 0 saturated carbocycles. The molecule has 2 aromatic rings. The Kier molecular flexibility index (Phi) is 25.9. The standard InChI is InChI=1S/C39H51N3O15S5.4Na/c1-38(2)31-25-29(58-57-56-43)13-15-33(31)41(20-5-7-22-59(44,45)46)35(38)17-11-27-9-10-28(37(27)40-19-24-61(50,51)52)12-18-36-39(3,4)32-26-30(62(53,54)55)14-16-34(32)42(36)21-6-8-23-60(47,48)49;;;;/h11-18,25-26H,5-10,19-24H2,1-4H3,(H5,43,44,45,46,47,48,49,50,51,52,53,54,55);;;;/q;4*+1/p-4/b28-12?,36-18+;;;;. The van der Waals surface area contributed by atoms with E-state index in [4.69, 9.17) is 0 Å². The quantitative estimate of drug-likeness (QED) is 0.0231. The fourth-order valence-corrected chi connectivity index (χ4v) is 10.5. The molecule has 0 atom stereocenters. The third kappa shape index (κ3) is 17.4. The number of fused-ring (bicyclic) bond motifs is 2. The SMILES string of the molecule is CC1(C)C(C=CC2=C(NCCS(=O)(=O)[O-])C(=C/C=C3/N(CCCCS(=O)(=O)[O-])c4ccc(S(=O)(=O)[O-])cc4C3(C)C)CC2)=[N+](CCCCS(=O)(=O)[O-])c2ccc(SOO[O-])cc21.[Na+].[Na+].[Na+].[Na+]. The molecule has 2 aliphatic heterocycles. The smallest absolute Gasteiger partial charge is 0.748 e. The number of allylic oxidation sites excluding steroid dienone is 7. The van der Waals surface area contributed by atoms with Crippen LogP contribution >= 0.6 is 12.0 Å². The van der Waals surface area contributed by atoms with Gasteiger partial charge in [-0.3, -0.25) is 5.04 Å². The molecule has 2 aromatic carbocycles. The van der Waals surface area contributed by atoms with Gasteiger partial charge in [-0.05, 0) is 99.1 Å². The van der Waals surface area contributed by atoms with Crippen molar-refractivity contribution >= 4 is 69.6 Å². The number of unbranched alkanes of at least 4 members (excludes halogenated alkanes) is 2. The van der Waals surface area contributed by atoms with Crippen molar-refractivity contribution in [1.82, 2.24) is 5.32 Å². The van der Waals surface area contributed by atoms with Crippen molar-refractivity contribution < 1.29 is 189 Å². The maximum absolute atomic E-state index is 12.0. The molecule has 2 heterocycles. The van der Waals surface area contributed by atoms with Gasteiger partial charge in [0.2, 0.25) is 5.69 Å². The van der Waals surface area contributed by atoms with Crippen molar-refractivity contribution in [3.63, 3.8) is 0 Å². The number of rotatable bonds is 21. The molecule has 0 radical (unpaired) electrons. The number of nitrogens with zero attached hydrogens (tertiary/aromatic N) is 2. The summed E-state index contributed by atoms with van der Waals surface area (Å²) < 4.78 is 145. The van der Waals surface area contributed by atoms with Crippen LogP contribution in [0.4, 0.5) is 11.4 Å². The zero-order valence-corrected chi connectivity index (χ0v) is 50.4. The Morgan fingerprint density at radius 1 is 0.742 bits per heavy atom. The first-order valence-electron chi connectivity index (χ1n) is 19.4. The number of hydrogen-bond donors (Lipinski definition) is 1. The molecule has 5 rings (SSSR count). The third-order valence-electron chi connectivity index (χ3n) is 11.1. The van der Waals surface area contributed by atoms with Gasteiger partial charge in [0.25, 0.3) is 0 Å². The zero-order valence-electron chi connectivity index (χ0n) is 38.3. The van der Waals surface area contributed by atoms with Gasteiger partial charge in [-0.15, -0.1) is 0 Å². The first kappa shape index (κ1) is 64.6. The minimum Gasteiger partial charge on any atom is -0.748 e. The summed E-state index contributed by atoms with van der Waals surface area (Å²) in [6.07, 6.45) is 9.21. The number of hydrogen-bond acceptors (Lipinski definition) is 18. The van der Waals surface area contributed by atoms with Gasteiger partial charge in [-0.1, -0.05) is 26.0 Å². The van der Waals surface area contributed by atoms with E-state index in [2.05, 4.69) is 14.7 Å². The summed E-state index contributed by atoms with van der Waals surface area (Å²) in [5.74, 6) is -1.79. The maximum atomic E-state index is 12.0. The summed E-state index contributed by atoms with van der Waals surface area (Å²) in [6, 6.07) is 9.43. The second-order valence-electron chi connectivity index (χ2n) is 16.1. The molecule has 0 spiro atoms. The van der Waals surface area contributed by atoms with Gasteiger partial charge < -0.3 is 33.7 Å². The third-order valence-corrected chi connectivity index (χ3v) is 14.8. The van der Waals surface area contributed by atoms with Crippen LogP contribution in [0.1, 0.15) is 77.3 Å². The van der Waals surface area contributed by atoms with Crippen LogP contribution in [0.5, 0.6) is 0 Å². The van der Waals surface area contributed by atoms with Crippen molar-refractivity contribution in [3.05, 3.63) is 94.4 Å². The molecule has 0 saturated heterocycles. The first-order chi connectivity index (χ1) is 28.7. The molecule has 3 aliphatic rings. The number of benzene rings is 2. The van der Waals surface area contributed by atoms with Gasteiger partial charge in [0.05, 0.1) is 58.5 Å². The molecule has 1 aliphatic carbocycles. The van der Waals surface area contributed by atoms with Crippen molar-refractivity contribution in [2.75, 3.05) is 41.8 Å². The van der Waals surface area contributed by atoms with Gasteiger partial charge >= 0.3 is 118 Å². The van der Waals surface area contributed by atoms with Crippen LogP contribution in [-0.4, -0.2) is 99.1 Å². The summed E-state index contributed by atoms with van der Waals surface area (Å²) >= 11 is 0.728. The Morgan fingerprint density at radius 2 is 1.36 bits per heavy atom. The fraction of sp³-hybridized carbons (Fsp3) is 0.462. The molecule has 0 amide bonds. The Labute approximate surface area is 480 Å². The second kappa shape index (κ2) is 26.5. The molecule has 342 valence electrons. The number of anilines is 1. The molecule has 27 heteroatoms. The second-order valence-corrected chi connectivity index (χ2v) is 22.8. The average Bonchev–Trinajstić information content (AvgIpc) is 3.71. The van der Waals surface area contributed by atoms with Crippen LogP contribution in [0.2, 0.25) is 0 Å². The predicted octanol–water partition coefficient (Wildman–Crippen LogP) is -8.79. The Bertz CT molecular complexity index is 2690.